The van der Waals surface area contributed by atoms with Crippen LogP contribution in [0.15, 0.2) is 60.7 Å². The number of nitrogens with two attached hydrogens (primary N) is 1. The van der Waals surface area contributed by atoms with Gasteiger partial charge in [0, 0.05) is 6.42 Å². The first kappa shape index (κ1) is 27.8. The monoisotopic (exact) mass is 533 g/mol. The molecule has 0 aromatic heterocycles. The molecule has 9 heteroatoms. The molecule has 1 saturated heterocycles. The Morgan fingerprint density at radius 3 is 2.53 bits per heavy atom. The molecule has 4 atom stereocenters. The van der Waals surface area contributed by atoms with E-state index in [1.54, 1.807) is 30.0 Å². The van der Waals surface area contributed by atoms with Crippen LogP contribution in [-0.2, 0) is 9.59 Å². The molecule has 0 radical (unpaired) electrons. The van der Waals surface area contributed by atoms with Gasteiger partial charge in [0.15, 0.2) is 0 Å². The van der Waals surface area contributed by atoms with E-state index in [0.717, 1.165) is 5.75 Å². The Balaban J connectivity index is 1.74. The van der Waals surface area contributed by atoms with Gasteiger partial charge < -0.3 is 25.4 Å². The van der Waals surface area contributed by atoms with E-state index in [1.807, 2.05) is 56.3 Å². The highest BCUT2D eigenvalue weighted by Gasteiger charge is 2.39. The molecule has 0 aliphatic carbocycles. The Morgan fingerprint density at radius 2 is 1.86 bits per heavy atom. The van der Waals surface area contributed by atoms with Crippen LogP contribution >= 0.6 is 23.2 Å². The zero-order chi connectivity index (χ0) is 26.2. The van der Waals surface area contributed by atoms with E-state index in [4.69, 9.17) is 38.4 Å². The van der Waals surface area contributed by atoms with Crippen LogP contribution in [0.25, 0.3) is 0 Å². The summed E-state index contributed by atoms with van der Waals surface area (Å²) < 4.78 is 11.9. The van der Waals surface area contributed by atoms with Gasteiger partial charge in [-0.05, 0) is 43.2 Å². The summed E-state index contributed by atoms with van der Waals surface area (Å²) in [5.74, 6) is 0.567. The van der Waals surface area contributed by atoms with Crippen molar-refractivity contribution in [3.8, 4) is 11.5 Å². The molecule has 0 unspecified atom stereocenters. The van der Waals surface area contributed by atoms with Crippen LogP contribution in [0.3, 0.4) is 0 Å². The maximum atomic E-state index is 13.6. The highest BCUT2D eigenvalue weighted by Crippen LogP contribution is 2.31. The molecular formula is C27H33Cl2N3O4. The lowest BCUT2D eigenvalue weighted by atomic mass is 10.0. The number of halogens is 2. The standard InChI is InChI=1S/C27H33Cl2N3O4/c1-17(2)25(31-26(33)18(3)30)27(34)32-16-21(36-20-10-5-4-6-11-20)15-19(32)9-8-14-35-23-13-7-12-22(28)24(23)29/h4-13,17-19,21,25H,14-16,30H2,1-3H3,(H,31,33)/b9-8+/t18-,19+,21-,25-/m0/s1. The first-order valence-corrected chi connectivity index (χ1v) is 12.7. The van der Waals surface area contributed by atoms with Gasteiger partial charge in [-0.3, -0.25) is 9.59 Å². The van der Waals surface area contributed by atoms with Crippen LogP contribution in [-0.4, -0.2) is 54.1 Å². The number of ether oxygens (including phenoxy) is 2. The second-order valence-corrected chi connectivity index (χ2v) is 9.94. The van der Waals surface area contributed by atoms with Crippen molar-refractivity contribution in [2.24, 2.45) is 11.7 Å². The molecule has 2 aromatic carbocycles. The summed E-state index contributed by atoms with van der Waals surface area (Å²) in [4.78, 5) is 27.6. The maximum Gasteiger partial charge on any atom is 0.246 e. The lowest BCUT2D eigenvalue weighted by Crippen LogP contribution is -2.55. The summed E-state index contributed by atoms with van der Waals surface area (Å²) in [6, 6.07) is 13.1. The van der Waals surface area contributed by atoms with Crippen LogP contribution in [0, 0.1) is 5.92 Å². The van der Waals surface area contributed by atoms with Crippen molar-refractivity contribution in [3.05, 3.63) is 70.7 Å². The van der Waals surface area contributed by atoms with E-state index < -0.39 is 12.1 Å². The molecule has 0 saturated carbocycles. The summed E-state index contributed by atoms with van der Waals surface area (Å²) in [6.07, 6.45) is 4.17. The number of amides is 2. The van der Waals surface area contributed by atoms with Gasteiger partial charge >= 0.3 is 0 Å². The molecular weight excluding hydrogens is 501 g/mol. The third kappa shape index (κ3) is 7.38. The van der Waals surface area contributed by atoms with Gasteiger partial charge in [-0.25, -0.2) is 0 Å². The zero-order valence-corrected chi connectivity index (χ0v) is 22.2. The lowest BCUT2D eigenvalue weighted by Gasteiger charge is -2.30. The van der Waals surface area contributed by atoms with Crippen LogP contribution < -0.4 is 20.5 Å². The van der Waals surface area contributed by atoms with E-state index in [9.17, 15) is 9.59 Å². The summed E-state index contributed by atoms with van der Waals surface area (Å²) in [5.41, 5.74) is 5.72. The number of hydrogen-bond donors (Lipinski definition) is 2. The first-order chi connectivity index (χ1) is 17.2. The van der Waals surface area contributed by atoms with Crippen molar-refractivity contribution in [3.63, 3.8) is 0 Å². The van der Waals surface area contributed by atoms with Crippen molar-refractivity contribution >= 4 is 35.0 Å². The fraction of sp³-hybridized carbons (Fsp3) is 0.407. The molecule has 3 rings (SSSR count). The Hall–Kier alpha value is -2.74. The predicted octanol–water partition coefficient (Wildman–Crippen LogP) is 4.46. The van der Waals surface area contributed by atoms with Gasteiger partial charge in [0.2, 0.25) is 11.8 Å². The molecule has 1 heterocycles. The molecule has 36 heavy (non-hydrogen) atoms. The Kier molecular flexibility index (Phi) is 10.0. The number of benzene rings is 2. The number of carbonyl (C=O) groups is 2. The minimum atomic E-state index is -0.710. The topological polar surface area (TPSA) is 93.9 Å². The van der Waals surface area contributed by atoms with Gasteiger partial charge in [-0.2, -0.15) is 0 Å². The van der Waals surface area contributed by atoms with Crippen molar-refractivity contribution in [2.45, 2.75) is 51.4 Å². The van der Waals surface area contributed by atoms with Crippen molar-refractivity contribution < 1.29 is 19.1 Å². The summed E-state index contributed by atoms with van der Waals surface area (Å²) in [6.45, 7) is 6.02. The Bertz CT molecular complexity index is 1060. The lowest BCUT2D eigenvalue weighted by molar-refractivity contribution is -0.138. The number of likely N-dealkylation sites (tertiary alicyclic amines) is 1. The largest absolute Gasteiger partial charge is 0.488 e. The average molecular weight is 534 g/mol. The van der Waals surface area contributed by atoms with Gasteiger partial charge in [0.1, 0.15) is 35.3 Å². The minimum Gasteiger partial charge on any atom is -0.488 e. The van der Waals surface area contributed by atoms with Gasteiger partial charge in [0.05, 0.1) is 23.7 Å². The summed E-state index contributed by atoms with van der Waals surface area (Å²) in [7, 11) is 0. The van der Waals surface area contributed by atoms with Gasteiger partial charge in [0.25, 0.3) is 0 Å². The van der Waals surface area contributed by atoms with E-state index in [0.29, 0.717) is 28.8 Å². The van der Waals surface area contributed by atoms with Crippen molar-refractivity contribution in [1.82, 2.24) is 10.2 Å². The molecule has 2 amide bonds. The highest BCUT2D eigenvalue weighted by molar-refractivity contribution is 6.42. The normalized spacial score (nSPS) is 19.4. The molecule has 7 nitrogen and oxygen atoms in total. The van der Waals surface area contributed by atoms with E-state index >= 15 is 0 Å². The molecule has 1 aliphatic rings. The number of rotatable bonds is 10. The fourth-order valence-electron chi connectivity index (χ4n) is 3.96. The second-order valence-electron chi connectivity index (χ2n) is 9.16. The quantitative estimate of drug-likeness (QED) is 0.439. The zero-order valence-electron chi connectivity index (χ0n) is 20.7. The van der Waals surface area contributed by atoms with Crippen LogP contribution in [0.5, 0.6) is 11.5 Å². The SMILES string of the molecule is CC(C)[C@H](NC(=O)[C@H](C)N)C(=O)N1C[C@@H](Oc2ccccc2)C[C@H]1/C=C/COc1cccc(Cl)c1Cl. The van der Waals surface area contributed by atoms with Crippen LogP contribution in [0.2, 0.25) is 10.0 Å². The van der Waals surface area contributed by atoms with Gasteiger partial charge in [-0.1, -0.05) is 67.4 Å². The van der Waals surface area contributed by atoms with Gasteiger partial charge in [-0.15, -0.1) is 0 Å². The molecule has 3 N–H and O–H groups in total. The highest BCUT2D eigenvalue weighted by atomic mass is 35.5. The molecule has 0 spiro atoms. The van der Waals surface area contributed by atoms with Crippen molar-refractivity contribution in [2.75, 3.05) is 13.2 Å². The van der Waals surface area contributed by atoms with Crippen LogP contribution in [0.1, 0.15) is 27.2 Å². The fourth-order valence-corrected chi connectivity index (χ4v) is 4.31. The Morgan fingerprint density at radius 1 is 1.14 bits per heavy atom. The number of nitrogens with zero attached hydrogens (tertiary/aromatic N) is 1. The number of carbonyl (C=O) groups excluding carboxylic acids is 2. The van der Waals surface area contributed by atoms with E-state index in [-0.39, 0.29) is 36.5 Å². The van der Waals surface area contributed by atoms with Crippen LogP contribution in [0.4, 0.5) is 0 Å². The predicted molar refractivity (Wildman–Crippen MR) is 142 cm³/mol. The van der Waals surface area contributed by atoms with Crippen molar-refractivity contribution in [1.29, 1.82) is 0 Å². The minimum absolute atomic E-state index is 0.118. The summed E-state index contributed by atoms with van der Waals surface area (Å²) in [5, 5.41) is 3.58. The van der Waals surface area contributed by atoms with E-state index in [2.05, 4.69) is 5.32 Å². The third-order valence-electron chi connectivity index (χ3n) is 5.89. The number of hydrogen-bond acceptors (Lipinski definition) is 5. The average Bonchev–Trinajstić information content (AvgIpc) is 3.24. The summed E-state index contributed by atoms with van der Waals surface area (Å²) >= 11 is 12.2. The first-order valence-electron chi connectivity index (χ1n) is 12.0. The Labute approximate surface area is 222 Å². The second kappa shape index (κ2) is 13.0. The molecule has 1 aliphatic heterocycles. The number of para-hydroxylation sites is 1. The van der Waals surface area contributed by atoms with E-state index in [1.165, 1.54) is 0 Å². The third-order valence-corrected chi connectivity index (χ3v) is 6.69. The maximum absolute atomic E-state index is 13.6. The molecule has 1 fully saturated rings. The molecule has 194 valence electrons. The molecule has 0 bridgehead atoms. The number of nitrogens with one attached hydrogen (secondary N) is 1. The smallest absolute Gasteiger partial charge is 0.246 e. The molecule has 2 aromatic rings.